The summed E-state index contributed by atoms with van der Waals surface area (Å²) < 4.78 is 1.13. The average molecular weight is 321 g/mol. The fourth-order valence-electron chi connectivity index (χ4n) is 1.57. The third-order valence-electron chi connectivity index (χ3n) is 2.45. The first-order valence-electron chi connectivity index (χ1n) is 5.36. The fourth-order valence-corrected chi connectivity index (χ4v) is 3.01. The van der Waals surface area contributed by atoms with Crippen LogP contribution < -0.4 is 5.32 Å². The van der Waals surface area contributed by atoms with Gasteiger partial charge in [0.15, 0.2) is 5.65 Å². The Hall–Kier alpha value is -1.53. The molecule has 90 valence electrons. The van der Waals surface area contributed by atoms with Crippen molar-refractivity contribution in [2.45, 2.75) is 6.54 Å². The van der Waals surface area contributed by atoms with Crippen LogP contribution in [0.3, 0.4) is 0 Å². The molecule has 6 heteroatoms. The number of rotatable bonds is 3. The lowest BCUT2D eigenvalue weighted by Crippen LogP contribution is -2.00. The number of hydrogen-bond acceptors (Lipinski definition) is 5. The average Bonchev–Trinajstić information content (AvgIpc) is 2.82. The lowest BCUT2D eigenvalue weighted by atomic mass is 10.4. The molecule has 0 bridgehead atoms. The van der Waals surface area contributed by atoms with E-state index in [0.29, 0.717) is 5.65 Å². The number of thiophene rings is 1. The molecule has 0 unspecified atom stereocenters. The summed E-state index contributed by atoms with van der Waals surface area (Å²) in [6, 6.07) is 5.88. The monoisotopic (exact) mass is 320 g/mol. The van der Waals surface area contributed by atoms with E-state index in [2.05, 4.69) is 41.6 Å². The van der Waals surface area contributed by atoms with Gasteiger partial charge >= 0.3 is 0 Å². The van der Waals surface area contributed by atoms with Crippen molar-refractivity contribution >= 4 is 44.2 Å². The van der Waals surface area contributed by atoms with Gasteiger partial charge < -0.3 is 5.32 Å². The van der Waals surface area contributed by atoms with E-state index < -0.39 is 0 Å². The van der Waals surface area contributed by atoms with E-state index in [0.717, 1.165) is 22.4 Å². The molecule has 0 amide bonds. The molecule has 0 aliphatic heterocycles. The molecule has 3 aromatic rings. The number of hydrogen-bond donors (Lipinski definition) is 1. The maximum absolute atomic E-state index is 4.41. The van der Waals surface area contributed by atoms with E-state index in [1.54, 1.807) is 23.7 Å². The summed E-state index contributed by atoms with van der Waals surface area (Å²) in [5.41, 5.74) is 1.47. The Bertz CT molecular complexity index is 682. The van der Waals surface area contributed by atoms with E-state index >= 15 is 0 Å². The van der Waals surface area contributed by atoms with Crippen molar-refractivity contribution in [2.24, 2.45) is 0 Å². The standard InChI is InChI=1S/C12H9BrN4S/c13-8-3-6-18-10(8)7-16-11-2-1-9-12(17-11)15-5-4-14-9/h1-6H,7H2,(H,15,16,17). The minimum absolute atomic E-state index is 0.660. The van der Waals surface area contributed by atoms with Crippen LogP contribution in [0.2, 0.25) is 0 Å². The number of aromatic nitrogens is 3. The molecule has 3 aromatic heterocycles. The molecule has 0 spiro atoms. The molecule has 3 rings (SSSR count). The second kappa shape index (κ2) is 4.99. The van der Waals surface area contributed by atoms with Crippen molar-refractivity contribution in [3.05, 3.63) is 45.3 Å². The molecule has 0 radical (unpaired) electrons. The molecule has 3 heterocycles. The van der Waals surface area contributed by atoms with Gasteiger partial charge in [0, 0.05) is 21.7 Å². The quantitative estimate of drug-likeness (QED) is 0.803. The van der Waals surface area contributed by atoms with Crippen molar-refractivity contribution in [3.8, 4) is 0 Å². The van der Waals surface area contributed by atoms with Gasteiger partial charge in [-0.05, 0) is 39.5 Å². The number of nitrogens with one attached hydrogen (secondary N) is 1. The Morgan fingerprint density at radius 1 is 1.17 bits per heavy atom. The SMILES string of the molecule is Brc1ccsc1CNc1ccc2nccnc2n1. The highest BCUT2D eigenvalue weighted by Crippen LogP contribution is 2.23. The molecule has 1 N–H and O–H groups in total. The van der Waals surface area contributed by atoms with Gasteiger partial charge in [-0.3, -0.25) is 4.98 Å². The van der Waals surface area contributed by atoms with Gasteiger partial charge in [0.1, 0.15) is 11.3 Å². The van der Waals surface area contributed by atoms with Crippen LogP contribution in [-0.2, 0) is 6.54 Å². The molecule has 0 atom stereocenters. The third-order valence-corrected chi connectivity index (χ3v) is 4.38. The summed E-state index contributed by atoms with van der Waals surface area (Å²) in [7, 11) is 0. The van der Waals surface area contributed by atoms with Gasteiger partial charge in [0.25, 0.3) is 0 Å². The Morgan fingerprint density at radius 3 is 2.89 bits per heavy atom. The van der Waals surface area contributed by atoms with Gasteiger partial charge in [-0.2, -0.15) is 0 Å². The van der Waals surface area contributed by atoms with Crippen LogP contribution in [0.1, 0.15) is 4.88 Å². The summed E-state index contributed by atoms with van der Waals surface area (Å²) in [4.78, 5) is 14.0. The zero-order valence-electron chi connectivity index (χ0n) is 9.30. The molecule has 0 aromatic carbocycles. The lowest BCUT2D eigenvalue weighted by molar-refractivity contribution is 1.13. The third kappa shape index (κ3) is 2.34. The Morgan fingerprint density at radius 2 is 2.06 bits per heavy atom. The number of anilines is 1. The van der Waals surface area contributed by atoms with Crippen LogP contribution in [0.4, 0.5) is 5.82 Å². The van der Waals surface area contributed by atoms with Crippen LogP contribution in [0.15, 0.2) is 40.4 Å². The normalized spacial score (nSPS) is 10.7. The van der Waals surface area contributed by atoms with E-state index in [1.807, 2.05) is 18.2 Å². The van der Waals surface area contributed by atoms with Gasteiger partial charge in [-0.15, -0.1) is 11.3 Å². The Labute approximate surface area is 116 Å². The summed E-state index contributed by atoms with van der Waals surface area (Å²) in [6.45, 7) is 0.747. The molecule has 0 saturated heterocycles. The Balaban J connectivity index is 1.81. The highest BCUT2D eigenvalue weighted by molar-refractivity contribution is 9.10. The minimum Gasteiger partial charge on any atom is -0.365 e. The van der Waals surface area contributed by atoms with Gasteiger partial charge in [0.05, 0.1) is 6.54 Å². The van der Waals surface area contributed by atoms with Crippen molar-refractivity contribution in [3.63, 3.8) is 0 Å². The largest absolute Gasteiger partial charge is 0.365 e. The zero-order chi connectivity index (χ0) is 12.4. The van der Waals surface area contributed by atoms with Crippen LogP contribution in [0, 0.1) is 0 Å². The first-order chi connectivity index (χ1) is 8.83. The molecule has 4 nitrogen and oxygen atoms in total. The molecular formula is C12H9BrN4S. The van der Waals surface area contributed by atoms with Crippen molar-refractivity contribution in [1.29, 1.82) is 0 Å². The van der Waals surface area contributed by atoms with Crippen molar-refractivity contribution in [1.82, 2.24) is 15.0 Å². The summed E-state index contributed by atoms with van der Waals surface area (Å²) in [5, 5.41) is 5.34. The van der Waals surface area contributed by atoms with Crippen LogP contribution in [-0.4, -0.2) is 15.0 Å². The smallest absolute Gasteiger partial charge is 0.180 e. The predicted molar refractivity (Wildman–Crippen MR) is 76.7 cm³/mol. The fraction of sp³-hybridized carbons (Fsp3) is 0.0833. The first-order valence-corrected chi connectivity index (χ1v) is 7.04. The zero-order valence-corrected chi connectivity index (χ0v) is 11.7. The summed E-state index contributed by atoms with van der Waals surface area (Å²) in [6.07, 6.45) is 3.31. The minimum atomic E-state index is 0.660. The van der Waals surface area contributed by atoms with E-state index in [4.69, 9.17) is 0 Å². The van der Waals surface area contributed by atoms with Crippen molar-refractivity contribution in [2.75, 3.05) is 5.32 Å². The highest BCUT2D eigenvalue weighted by atomic mass is 79.9. The maximum Gasteiger partial charge on any atom is 0.180 e. The second-order valence-corrected chi connectivity index (χ2v) is 5.50. The van der Waals surface area contributed by atoms with E-state index in [1.165, 1.54) is 4.88 Å². The molecular weight excluding hydrogens is 312 g/mol. The van der Waals surface area contributed by atoms with E-state index in [-0.39, 0.29) is 0 Å². The summed E-state index contributed by atoms with van der Waals surface area (Å²) in [5.74, 6) is 0.809. The molecule has 0 aliphatic carbocycles. The van der Waals surface area contributed by atoms with Crippen LogP contribution in [0.5, 0.6) is 0 Å². The first kappa shape index (κ1) is 11.6. The van der Waals surface area contributed by atoms with Crippen molar-refractivity contribution < 1.29 is 0 Å². The second-order valence-electron chi connectivity index (χ2n) is 3.64. The number of nitrogens with zero attached hydrogens (tertiary/aromatic N) is 3. The number of fused-ring (bicyclic) bond motifs is 1. The van der Waals surface area contributed by atoms with Gasteiger partial charge in [0.2, 0.25) is 0 Å². The molecule has 0 saturated carbocycles. The predicted octanol–water partition coefficient (Wildman–Crippen LogP) is 3.46. The Kier molecular flexibility index (Phi) is 3.21. The molecule has 18 heavy (non-hydrogen) atoms. The summed E-state index contributed by atoms with van der Waals surface area (Å²) >= 11 is 5.21. The number of pyridine rings is 1. The number of halogens is 1. The van der Waals surface area contributed by atoms with Crippen LogP contribution >= 0.6 is 27.3 Å². The molecule has 0 fully saturated rings. The van der Waals surface area contributed by atoms with Gasteiger partial charge in [-0.25, -0.2) is 9.97 Å². The van der Waals surface area contributed by atoms with E-state index in [9.17, 15) is 0 Å². The lowest BCUT2D eigenvalue weighted by Gasteiger charge is -2.05. The molecule has 0 aliphatic rings. The maximum atomic E-state index is 4.41. The van der Waals surface area contributed by atoms with Crippen LogP contribution in [0.25, 0.3) is 11.2 Å². The van der Waals surface area contributed by atoms with Gasteiger partial charge in [-0.1, -0.05) is 0 Å². The highest BCUT2D eigenvalue weighted by Gasteiger charge is 2.03. The topological polar surface area (TPSA) is 50.7 Å².